The third kappa shape index (κ3) is 3.84. The van der Waals surface area contributed by atoms with Gasteiger partial charge in [0, 0.05) is 24.4 Å². The number of nitrogens with zero attached hydrogens (tertiary/aromatic N) is 1. The van der Waals surface area contributed by atoms with E-state index in [1.807, 2.05) is 18.3 Å². The fourth-order valence-corrected chi connectivity index (χ4v) is 3.70. The molecule has 2 aromatic rings. The van der Waals surface area contributed by atoms with Crippen LogP contribution in [0, 0.1) is 11.7 Å². The molecule has 128 valence electrons. The summed E-state index contributed by atoms with van der Waals surface area (Å²) in [5.41, 5.74) is 3.53. The van der Waals surface area contributed by atoms with Gasteiger partial charge in [0.2, 0.25) is 0 Å². The summed E-state index contributed by atoms with van der Waals surface area (Å²) in [6.07, 6.45) is 8.46. The Labute approximate surface area is 144 Å². The van der Waals surface area contributed by atoms with Crippen LogP contribution in [0.2, 0.25) is 0 Å². The van der Waals surface area contributed by atoms with Crippen LogP contribution in [0.3, 0.4) is 0 Å². The lowest BCUT2D eigenvalue weighted by atomic mass is 9.78. The van der Waals surface area contributed by atoms with Crippen LogP contribution in [-0.2, 0) is 11.3 Å². The van der Waals surface area contributed by atoms with E-state index in [9.17, 15) is 4.39 Å². The van der Waals surface area contributed by atoms with Crippen molar-refractivity contribution in [3.63, 3.8) is 0 Å². The maximum atomic E-state index is 14.1. The SMILES string of the molecule is CC[C@H]1CC[C@H](c2ccc(-c3ccc(COC)c(F)c3)nc2)CC1. The number of benzene rings is 1. The molecular weight excluding hydrogens is 301 g/mol. The molecule has 0 unspecified atom stereocenters. The van der Waals surface area contributed by atoms with E-state index in [4.69, 9.17) is 4.74 Å². The van der Waals surface area contributed by atoms with Gasteiger partial charge in [-0.3, -0.25) is 4.98 Å². The molecular formula is C21H26FNO. The quantitative estimate of drug-likeness (QED) is 0.701. The molecule has 1 heterocycles. The van der Waals surface area contributed by atoms with Gasteiger partial charge in [-0.05, 0) is 55.2 Å². The molecule has 1 fully saturated rings. The molecule has 1 saturated carbocycles. The Hall–Kier alpha value is -1.74. The molecule has 0 saturated heterocycles. The van der Waals surface area contributed by atoms with Gasteiger partial charge in [0.15, 0.2) is 0 Å². The van der Waals surface area contributed by atoms with E-state index >= 15 is 0 Å². The second-order valence-electron chi connectivity index (χ2n) is 6.84. The molecule has 2 nitrogen and oxygen atoms in total. The number of pyridine rings is 1. The van der Waals surface area contributed by atoms with Crippen molar-refractivity contribution < 1.29 is 9.13 Å². The Morgan fingerprint density at radius 2 is 1.92 bits per heavy atom. The van der Waals surface area contributed by atoms with Gasteiger partial charge in [0.25, 0.3) is 0 Å². The molecule has 3 rings (SSSR count). The maximum absolute atomic E-state index is 14.1. The molecule has 1 aliphatic carbocycles. The van der Waals surface area contributed by atoms with Gasteiger partial charge in [0.05, 0.1) is 12.3 Å². The molecule has 1 aliphatic rings. The van der Waals surface area contributed by atoms with Crippen LogP contribution in [0.25, 0.3) is 11.3 Å². The molecule has 1 aromatic heterocycles. The maximum Gasteiger partial charge on any atom is 0.129 e. The smallest absolute Gasteiger partial charge is 0.129 e. The van der Waals surface area contributed by atoms with E-state index in [1.54, 1.807) is 19.2 Å². The summed E-state index contributed by atoms with van der Waals surface area (Å²) >= 11 is 0. The molecule has 0 bridgehead atoms. The Morgan fingerprint density at radius 3 is 2.50 bits per heavy atom. The highest BCUT2D eigenvalue weighted by molar-refractivity contribution is 5.59. The molecule has 24 heavy (non-hydrogen) atoms. The predicted octanol–water partition coefficient (Wildman–Crippen LogP) is 5.72. The van der Waals surface area contributed by atoms with E-state index < -0.39 is 0 Å². The summed E-state index contributed by atoms with van der Waals surface area (Å²) in [6, 6.07) is 9.41. The van der Waals surface area contributed by atoms with E-state index in [2.05, 4.69) is 18.0 Å². The standard InChI is InChI=1S/C21H26FNO/c1-3-15-4-6-16(7-5-15)18-10-11-21(23-13-18)17-8-9-19(14-24-2)20(22)12-17/h8-13,15-16H,3-7,14H2,1-2H3/t15-,16-. The van der Waals surface area contributed by atoms with Crippen LogP contribution in [0.4, 0.5) is 4.39 Å². The van der Waals surface area contributed by atoms with Crippen molar-refractivity contribution in [1.82, 2.24) is 4.98 Å². The zero-order valence-corrected chi connectivity index (χ0v) is 14.6. The number of halogens is 1. The minimum Gasteiger partial charge on any atom is -0.380 e. The van der Waals surface area contributed by atoms with Crippen molar-refractivity contribution in [3.05, 3.63) is 53.5 Å². The van der Waals surface area contributed by atoms with E-state index in [0.29, 0.717) is 18.1 Å². The molecule has 0 atom stereocenters. The third-order valence-electron chi connectivity index (χ3n) is 5.33. The van der Waals surface area contributed by atoms with Gasteiger partial charge >= 0.3 is 0 Å². The molecule has 0 radical (unpaired) electrons. The highest BCUT2D eigenvalue weighted by atomic mass is 19.1. The largest absolute Gasteiger partial charge is 0.380 e. The monoisotopic (exact) mass is 327 g/mol. The number of ether oxygens (including phenoxy) is 1. The average Bonchev–Trinajstić information content (AvgIpc) is 2.64. The van der Waals surface area contributed by atoms with Crippen molar-refractivity contribution >= 4 is 0 Å². The molecule has 1 aromatic carbocycles. The first-order valence-corrected chi connectivity index (χ1v) is 8.95. The van der Waals surface area contributed by atoms with Gasteiger partial charge in [-0.2, -0.15) is 0 Å². The van der Waals surface area contributed by atoms with Gasteiger partial charge in [-0.25, -0.2) is 4.39 Å². The fourth-order valence-electron chi connectivity index (χ4n) is 3.70. The first-order chi connectivity index (χ1) is 11.7. The Bertz CT molecular complexity index is 660. The second-order valence-corrected chi connectivity index (χ2v) is 6.84. The van der Waals surface area contributed by atoms with Gasteiger partial charge in [-0.1, -0.05) is 31.5 Å². The van der Waals surface area contributed by atoms with Crippen LogP contribution < -0.4 is 0 Å². The third-order valence-corrected chi connectivity index (χ3v) is 5.33. The lowest BCUT2D eigenvalue weighted by molar-refractivity contribution is 0.181. The van der Waals surface area contributed by atoms with Crippen molar-refractivity contribution in [2.45, 2.75) is 51.6 Å². The number of hydrogen-bond acceptors (Lipinski definition) is 2. The molecule has 0 spiro atoms. The number of rotatable bonds is 5. The summed E-state index contributed by atoms with van der Waals surface area (Å²) in [6.45, 7) is 2.58. The highest BCUT2D eigenvalue weighted by Crippen LogP contribution is 2.37. The van der Waals surface area contributed by atoms with Gasteiger partial charge < -0.3 is 4.74 Å². The minimum absolute atomic E-state index is 0.238. The lowest BCUT2D eigenvalue weighted by Crippen LogP contribution is -2.12. The zero-order valence-electron chi connectivity index (χ0n) is 14.6. The Morgan fingerprint density at radius 1 is 1.12 bits per heavy atom. The summed E-state index contributed by atoms with van der Waals surface area (Å²) < 4.78 is 19.1. The van der Waals surface area contributed by atoms with E-state index in [-0.39, 0.29) is 5.82 Å². The van der Waals surface area contributed by atoms with E-state index in [0.717, 1.165) is 17.2 Å². The zero-order chi connectivity index (χ0) is 16.9. The summed E-state index contributed by atoms with van der Waals surface area (Å²) in [4.78, 5) is 4.58. The molecule has 0 aliphatic heterocycles. The molecule has 0 N–H and O–H groups in total. The second kappa shape index (κ2) is 7.89. The van der Waals surface area contributed by atoms with Crippen LogP contribution in [0.1, 0.15) is 56.1 Å². The number of aromatic nitrogens is 1. The summed E-state index contributed by atoms with van der Waals surface area (Å²) in [5.74, 6) is 1.30. The van der Waals surface area contributed by atoms with Crippen molar-refractivity contribution in [2.75, 3.05) is 7.11 Å². The topological polar surface area (TPSA) is 22.1 Å². The first-order valence-electron chi connectivity index (χ1n) is 8.95. The highest BCUT2D eigenvalue weighted by Gasteiger charge is 2.21. The summed E-state index contributed by atoms with van der Waals surface area (Å²) in [5, 5.41) is 0. The lowest BCUT2D eigenvalue weighted by Gasteiger charge is -2.27. The first kappa shape index (κ1) is 17.1. The van der Waals surface area contributed by atoms with Crippen molar-refractivity contribution in [2.24, 2.45) is 5.92 Å². The van der Waals surface area contributed by atoms with Crippen LogP contribution in [-0.4, -0.2) is 12.1 Å². The minimum atomic E-state index is -0.238. The number of methoxy groups -OCH3 is 1. The number of hydrogen-bond donors (Lipinski definition) is 0. The molecule has 0 amide bonds. The van der Waals surface area contributed by atoms with Gasteiger partial charge in [-0.15, -0.1) is 0 Å². The van der Waals surface area contributed by atoms with Crippen LogP contribution in [0.5, 0.6) is 0 Å². The predicted molar refractivity (Wildman–Crippen MR) is 95.3 cm³/mol. The fraction of sp³-hybridized carbons (Fsp3) is 0.476. The molecule has 3 heteroatoms. The van der Waals surface area contributed by atoms with E-state index in [1.165, 1.54) is 37.7 Å². The van der Waals surface area contributed by atoms with Crippen LogP contribution in [0.15, 0.2) is 36.5 Å². The normalized spacial score (nSPS) is 21.0. The Kier molecular flexibility index (Phi) is 5.62. The van der Waals surface area contributed by atoms with Gasteiger partial charge in [0.1, 0.15) is 5.82 Å². The summed E-state index contributed by atoms with van der Waals surface area (Å²) in [7, 11) is 1.57. The average molecular weight is 327 g/mol. The van der Waals surface area contributed by atoms with Crippen molar-refractivity contribution in [3.8, 4) is 11.3 Å². The van der Waals surface area contributed by atoms with Crippen LogP contribution >= 0.6 is 0 Å². The van der Waals surface area contributed by atoms with Crippen molar-refractivity contribution in [1.29, 1.82) is 0 Å². The Balaban J connectivity index is 1.71.